The molecule has 2 aromatic rings. The molecule has 0 aliphatic rings. The summed E-state index contributed by atoms with van der Waals surface area (Å²) in [6, 6.07) is 10.1. The molecule has 25 heavy (non-hydrogen) atoms. The normalized spacial score (nSPS) is 13.1. The highest BCUT2D eigenvalue weighted by Gasteiger charge is 2.23. The van der Waals surface area contributed by atoms with Gasteiger partial charge < -0.3 is 10.6 Å². The zero-order valence-electron chi connectivity index (χ0n) is 14.1. The summed E-state index contributed by atoms with van der Waals surface area (Å²) in [5.74, 6) is 0.250. The number of amides is 2. The Morgan fingerprint density at radius 3 is 2.60 bits per heavy atom. The van der Waals surface area contributed by atoms with E-state index in [0.29, 0.717) is 17.0 Å². The number of thioether (sulfide) groups is 1. The highest BCUT2D eigenvalue weighted by atomic mass is 35.5. The smallest absolute Gasteiger partial charge is 0.253 e. The Morgan fingerprint density at radius 1 is 1.20 bits per heavy atom. The minimum Gasteiger partial charge on any atom is -0.347 e. The molecular weight excluding hydrogens is 376 g/mol. The average Bonchev–Trinajstić information content (AvgIpc) is 3.13. The van der Waals surface area contributed by atoms with Crippen LogP contribution in [0.5, 0.6) is 0 Å². The van der Waals surface area contributed by atoms with E-state index in [2.05, 4.69) is 10.6 Å². The Kier molecular flexibility index (Phi) is 7.81. The van der Waals surface area contributed by atoms with Crippen LogP contribution in [0, 0.1) is 0 Å². The first kappa shape index (κ1) is 19.8. The topological polar surface area (TPSA) is 58.2 Å². The molecule has 0 saturated carbocycles. The number of carbonyl (C=O) groups excluding carboxylic acids is 2. The first-order valence-electron chi connectivity index (χ1n) is 7.91. The van der Waals surface area contributed by atoms with Crippen LogP contribution in [-0.4, -0.2) is 29.9 Å². The van der Waals surface area contributed by atoms with Gasteiger partial charge in [0, 0.05) is 4.88 Å². The number of benzene rings is 1. The van der Waals surface area contributed by atoms with Crippen molar-refractivity contribution in [2.75, 3.05) is 12.0 Å². The fourth-order valence-electron chi connectivity index (χ4n) is 2.31. The van der Waals surface area contributed by atoms with Crippen molar-refractivity contribution in [3.05, 3.63) is 57.2 Å². The van der Waals surface area contributed by atoms with Crippen molar-refractivity contribution >= 4 is 46.5 Å². The second-order valence-corrected chi connectivity index (χ2v) is 7.91. The molecule has 0 spiro atoms. The highest BCUT2D eigenvalue weighted by molar-refractivity contribution is 7.98. The maximum absolute atomic E-state index is 12.6. The Morgan fingerprint density at radius 2 is 1.96 bits per heavy atom. The van der Waals surface area contributed by atoms with Crippen LogP contribution in [0.2, 0.25) is 5.02 Å². The van der Waals surface area contributed by atoms with Gasteiger partial charge in [-0.25, -0.2) is 0 Å². The van der Waals surface area contributed by atoms with E-state index < -0.39 is 6.04 Å². The minimum atomic E-state index is -0.598. The molecule has 2 rings (SSSR count). The predicted octanol–water partition coefficient (Wildman–Crippen LogP) is 4.13. The van der Waals surface area contributed by atoms with Gasteiger partial charge in [-0.15, -0.1) is 11.3 Å². The second-order valence-electron chi connectivity index (χ2n) is 5.53. The molecule has 4 nitrogen and oxygen atoms in total. The van der Waals surface area contributed by atoms with Gasteiger partial charge in [-0.2, -0.15) is 11.8 Å². The van der Waals surface area contributed by atoms with Crippen molar-refractivity contribution < 1.29 is 9.59 Å². The first-order chi connectivity index (χ1) is 12.0. The summed E-state index contributed by atoms with van der Waals surface area (Å²) in [5, 5.41) is 8.14. The van der Waals surface area contributed by atoms with Gasteiger partial charge in [0.05, 0.1) is 16.6 Å². The number of rotatable bonds is 8. The van der Waals surface area contributed by atoms with E-state index in [1.54, 1.807) is 47.4 Å². The Bertz CT molecular complexity index is 707. The summed E-state index contributed by atoms with van der Waals surface area (Å²) in [6.45, 7) is 1.94. The molecule has 0 saturated heterocycles. The maximum Gasteiger partial charge on any atom is 0.253 e. The molecule has 0 aliphatic heterocycles. The van der Waals surface area contributed by atoms with E-state index in [1.165, 1.54) is 0 Å². The Balaban J connectivity index is 2.05. The summed E-state index contributed by atoms with van der Waals surface area (Å²) in [4.78, 5) is 26.2. The van der Waals surface area contributed by atoms with E-state index in [0.717, 1.165) is 10.6 Å². The predicted molar refractivity (Wildman–Crippen MR) is 107 cm³/mol. The van der Waals surface area contributed by atoms with Crippen LogP contribution >= 0.6 is 34.7 Å². The van der Waals surface area contributed by atoms with Crippen LogP contribution in [-0.2, 0) is 4.79 Å². The zero-order chi connectivity index (χ0) is 18.2. The molecule has 0 bridgehead atoms. The van der Waals surface area contributed by atoms with Gasteiger partial charge >= 0.3 is 0 Å². The average molecular weight is 397 g/mol. The second kappa shape index (κ2) is 9.85. The molecule has 1 heterocycles. The van der Waals surface area contributed by atoms with Gasteiger partial charge in [-0.05, 0) is 48.9 Å². The molecule has 2 atom stereocenters. The number of hydrogen-bond acceptors (Lipinski definition) is 4. The van der Waals surface area contributed by atoms with Crippen LogP contribution in [0.4, 0.5) is 0 Å². The lowest BCUT2D eigenvalue weighted by Crippen LogP contribution is -2.47. The first-order valence-corrected chi connectivity index (χ1v) is 10.6. The third-order valence-corrected chi connectivity index (χ3v) is 5.71. The third-order valence-electron chi connectivity index (χ3n) is 3.68. The van der Waals surface area contributed by atoms with Gasteiger partial charge in [0.15, 0.2) is 0 Å². The molecular formula is C18H21ClN2O2S2. The molecule has 0 radical (unpaired) electrons. The molecule has 2 amide bonds. The molecule has 1 aromatic heterocycles. The van der Waals surface area contributed by atoms with E-state index in [1.807, 2.05) is 30.7 Å². The summed E-state index contributed by atoms with van der Waals surface area (Å²) < 4.78 is 0. The fraction of sp³-hybridized carbons (Fsp3) is 0.333. The lowest BCUT2D eigenvalue weighted by Gasteiger charge is -2.21. The lowest BCUT2D eigenvalue weighted by atomic mass is 10.1. The molecule has 2 unspecified atom stereocenters. The molecule has 7 heteroatoms. The third kappa shape index (κ3) is 5.76. The van der Waals surface area contributed by atoms with Crippen molar-refractivity contribution in [3.63, 3.8) is 0 Å². The Hall–Kier alpha value is -1.50. The van der Waals surface area contributed by atoms with Crippen molar-refractivity contribution in [1.82, 2.24) is 10.6 Å². The Labute approximate surface area is 161 Å². The van der Waals surface area contributed by atoms with E-state index >= 15 is 0 Å². The minimum absolute atomic E-state index is 0.0958. The monoisotopic (exact) mass is 396 g/mol. The van der Waals surface area contributed by atoms with Gasteiger partial charge in [-0.1, -0.05) is 29.8 Å². The summed E-state index contributed by atoms with van der Waals surface area (Å²) >= 11 is 9.30. The summed E-state index contributed by atoms with van der Waals surface area (Å²) in [5.41, 5.74) is 0.373. The molecule has 0 aliphatic carbocycles. The molecule has 1 aromatic carbocycles. The quantitative estimate of drug-likeness (QED) is 0.705. The number of nitrogens with one attached hydrogen (secondary N) is 2. The van der Waals surface area contributed by atoms with Gasteiger partial charge in [0.25, 0.3) is 5.91 Å². The van der Waals surface area contributed by atoms with Crippen LogP contribution in [0.3, 0.4) is 0 Å². The number of halogens is 1. The standard InChI is InChI=1S/C18H21ClN2O2S2/c1-12(16-8-5-10-25-16)20-18(23)15(9-11-24-2)21-17(22)13-6-3-4-7-14(13)19/h3-8,10,12,15H,9,11H2,1-2H3,(H,20,23)(H,21,22). The maximum atomic E-state index is 12.6. The lowest BCUT2D eigenvalue weighted by molar-refractivity contribution is -0.123. The highest BCUT2D eigenvalue weighted by Crippen LogP contribution is 2.19. The number of carbonyl (C=O) groups is 2. The summed E-state index contributed by atoms with van der Waals surface area (Å²) in [6.07, 6.45) is 2.53. The number of hydrogen-bond donors (Lipinski definition) is 2. The van der Waals surface area contributed by atoms with Crippen LogP contribution in [0.25, 0.3) is 0 Å². The SMILES string of the molecule is CSCCC(NC(=O)c1ccccc1Cl)C(=O)NC(C)c1cccs1. The van der Waals surface area contributed by atoms with Crippen molar-refractivity contribution in [2.45, 2.75) is 25.4 Å². The van der Waals surface area contributed by atoms with Crippen LogP contribution < -0.4 is 10.6 Å². The largest absolute Gasteiger partial charge is 0.347 e. The van der Waals surface area contributed by atoms with Crippen LogP contribution in [0.15, 0.2) is 41.8 Å². The van der Waals surface area contributed by atoms with E-state index in [-0.39, 0.29) is 17.9 Å². The van der Waals surface area contributed by atoms with E-state index in [9.17, 15) is 9.59 Å². The zero-order valence-corrected chi connectivity index (χ0v) is 16.5. The van der Waals surface area contributed by atoms with Crippen LogP contribution in [0.1, 0.15) is 34.6 Å². The number of thiophene rings is 1. The van der Waals surface area contributed by atoms with Crippen molar-refractivity contribution in [3.8, 4) is 0 Å². The van der Waals surface area contributed by atoms with Crippen molar-refractivity contribution in [1.29, 1.82) is 0 Å². The van der Waals surface area contributed by atoms with Crippen molar-refractivity contribution in [2.24, 2.45) is 0 Å². The molecule has 134 valence electrons. The molecule has 2 N–H and O–H groups in total. The fourth-order valence-corrected chi connectivity index (χ4v) is 3.74. The summed E-state index contributed by atoms with van der Waals surface area (Å²) in [7, 11) is 0. The van der Waals surface area contributed by atoms with Gasteiger partial charge in [-0.3, -0.25) is 9.59 Å². The van der Waals surface area contributed by atoms with E-state index in [4.69, 9.17) is 11.6 Å². The van der Waals surface area contributed by atoms with Gasteiger partial charge in [0.1, 0.15) is 6.04 Å². The van der Waals surface area contributed by atoms with Gasteiger partial charge in [0.2, 0.25) is 5.91 Å². The molecule has 0 fully saturated rings.